The van der Waals surface area contributed by atoms with Crippen molar-refractivity contribution in [3.63, 3.8) is 0 Å². The average Bonchev–Trinajstić information content (AvgIpc) is 3.44. The lowest BCUT2D eigenvalue weighted by Gasteiger charge is -1.99. The first-order valence-corrected chi connectivity index (χ1v) is 12.8. The third kappa shape index (κ3) is 7.23. The van der Waals surface area contributed by atoms with E-state index in [1.807, 2.05) is 24.3 Å². The molecule has 0 fully saturated rings. The maximum Gasteiger partial charge on any atom is 0.204 e. The quantitative estimate of drug-likeness (QED) is 0.214. The molecule has 1 aromatic carbocycles. The van der Waals surface area contributed by atoms with Gasteiger partial charge < -0.3 is 0 Å². The highest BCUT2D eigenvalue weighted by Gasteiger charge is 2.09. The standard InChI is InChI=1S/C20H28Br2N8/c21-13-5-1-3-7-15-29-25-19(23-27-29)17-9-11-18(12-10-17)20-24-28-30(26-20)16-8-4-2-6-14-22/h9-12H,1-8,13-16H2. The van der Waals surface area contributed by atoms with Gasteiger partial charge in [-0.1, -0.05) is 81.8 Å². The molecule has 0 atom stereocenters. The van der Waals surface area contributed by atoms with Crippen molar-refractivity contribution < 1.29 is 0 Å². The summed E-state index contributed by atoms with van der Waals surface area (Å²) in [6.45, 7) is 1.60. The van der Waals surface area contributed by atoms with Gasteiger partial charge in [0.1, 0.15) is 0 Å². The van der Waals surface area contributed by atoms with Crippen molar-refractivity contribution in [2.24, 2.45) is 0 Å². The summed E-state index contributed by atoms with van der Waals surface area (Å²) >= 11 is 6.92. The molecule has 0 spiro atoms. The summed E-state index contributed by atoms with van der Waals surface area (Å²) < 4.78 is 0. The SMILES string of the molecule is BrCCCCCCn1nnc(-c2ccc(-c3nnn(CCCCCCBr)n3)cc2)n1. The molecule has 0 aliphatic heterocycles. The zero-order valence-electron chi connectivity index (χ0n) is 17.1. The summed E-state index contributed by atoms with van der Waals surface area (Å²) in [7, 11) is 0. The molecule has 0 unspecified atom stereocenters. The Morgan fingerprint density at radius 2 is 0.967 bits per heavy atom. The number of benzene rings is 1. The van der Waals surface area contributed by atoms with Crippen LogP contribution >= 0.6 is 31.9 Å². The first kappa shape index (κ1) is 23.0. The number of hydrogen-bond acceptors (Lipinski definition) is 6. The van der Waals surface area contributed by atoms with E-state index in [0.717, 1.165) is 47.7 Å². The van der Waals surface area contributed by atoms with Gasteiger partial charge in [-0.2, -0.15) is 9.59 Å². The fourth-order valence-corrected chi connectivity index (χ4v) is 3.87. The normalized spacial score (nSPS) is 11.3. The second-order valence-electron chi connectivity index (χ2n) is 7.20. The maximum atomic E-state index is 4.49. The topological polar surface area (TPSA) is 87.2 Å². The molecule has 8 nitrogen and oxygen atoms in total. The number of rotatable bonds is 14. The third-order valence-electron chi connectivity index (χ3n) is 4.79. The number of tetrazole rings is 2. The van der Waals surface area contributed by atoms with E-state index in [1.54, 1.807) is 9.59 Å². The predicted molar refractivity (Wildman–Crippen MR) is 125 cm³/mol. The van der Waals surface area contributed by atoms with Crippen molar-refractivity contribution in [2.75, 3.05) is 10.7 Å². The Morgan fingerprint density at radius 1 is 0.567 bits per heavy atom. The Labute approximate surface area is 194 Å². The van der Waals surface area contributed by atoms with Gasteiger partial charge in [-0.05, 0) is 36.1 Å². The zero-order chi connectivity index (χ0) is 21.0. The fourth-order valence-electron chi connectivity index (χ4n) is 3.08. The minimum Gasteiger partial charge on any atom is -0.164 e. The van der Waals surface area contributed by atoms with E-state index >= 15 is 0 Å². The zero-order valence-corrected chi connectivity index (χ0v) is 20.3. The van der Waals surface area contributed by atoms with Crippen molar-refractivity contribution in [3.8, 4) is 22.8 Å². The number of aromatic nitrogens is 8. The summed E-state index contributed by atoms with van der Waals surface area (Å²) in [6, 6.07) is 7.92. The Hall–Kier alpha value is -1.68. The van der Waals surface area contributed by atoms with Crippen LogP contribution in [0.4, 0.5) is 0 Å². The Bertz CT molecular complexity index is 791. The summed E-state index contributed by atoms with van der Waals surface area (Å²) in [5.41, 5.74) is 1.87. The molecule has 162 valence electrons. The molecule has 10 heteroatoms. The van der Waals surface area contributed by atoms with E-state index < -0.39 is 0 Å². The molecule has 0 aliphatic carbocycles. The lowest BCUT2D eigenvalue weighted by molar-refractivity contribution is 0.481. The van der Waals surface area contributed by atoms with E-state index in [9.17, 15) is 0 Å². The molecule has 0 N–H and O–H groups in total. The average molecular weight is 540 g/mol. The van der Waals surface area contributed by atoms with Gasteiger partial charge in [0.05, 0.1) is 13.1 Å². The van der Waals surface area contributed by atoms with Gasteiger partial charge in [-0.25, -0.2) is 0 Å². The van der Waals surface area contributed by atoms with E-state index in [-0.39, 0.29) is 0 Å². The van der Waals surface area contributed by atoms with Crippen LogP contribution < -0.4 is 0 Å². The highest BCUT2D eigenvalue weighted by atomic mass is 79.9. The Balaban J connectivity index is 1.50. The first-order valence-electron chi connectivity index (χ1n) is 10.6. The second kappa shape index (κ2) is 12.9. The maximum absolute atomic E-state index is 4.49. The summed E-state index contributed by atoms with van der Waals surface area (Å²) in [5.74, 6) is 1.28. The van der Waals surface area contributed by atoms with E-state index in [4.69, 9.17) is 0 Å². The van der Waals surface area contributed by atoms with Crippen LogP contribution in [0.1, 0.15) is 51.4 Å². The summed E-state index contributed by atoms with van der Waals surface area (Å²) in [6.07, 6.45) is 9.38. The molecule has 0 saturated carbocycles. The fraction of sp³-hybridized carbons (Fsp3) is 0.600. The molecule has 0 saturated heterocycles. The van der Waals surface area contributed by atoms with Crippen molar-refractivity contribution in [2.45, 2.75) is 64.5 Å². The molecule has 0 bridgehead atoms. The molecule has 30 heavy (non-hydrogen) atoms. The lowest BCUT2D eigenvalue weighted by atomic mass is 10.1. The van der Waals surface area contributed by atoms with Crippen LogP contribution in [0.15, 0.2) is 24.3 Å². The summed E-state index contributed by atoms with van der Waals surface area (Å²) in [5, 5.41) is 27.8. The third-order valence-corrected chi connectivity index (χ3v) is 5.91. The first-order chi connectivity index (χ1) is 14.8. The highest BCUT2D eigenvalue weighted by molar-refractivity contribution is 9.09. The number of halogens is 2. The lowest BCUT2D eigenvalue weighted by Crippen LogP contribution is -2.02. The molecule has 2 heterocycles. The van der Waals surface area contributed by atoms with Gasteiger partial charge >= 0.3 is 0 Å². The molecule has 2 aromatic heterocycles. The van der Waals surface area contributed by atoms with Crippen molar-refractivity contribution in [1.29, 1.82) is 0 Å². The van der Waals surface area contributed by atoms with Crippen LogP contribution in [0.2, 0.25) is 0 Å². The van der Waals surface area contributed by atoms with Crippen molar-refractivity contribution >= 4 is 31.9 Å². The largest absolute Gasteiger partial charge is 0.204 e. The van der Waals surface area contributed by atoms with Crippen molar-refractivity contribution in [1.82, 2.24) is 40.4 Å². The van der Waals surface area contributed by atoms with Gasteiger partial charge in [-0.15, -0.1) is 20.4 Å². The van der Waals surface area contributed by atoms with Gasteiger partial charge in [0.15, 0.2) is 0 Å². The van der Waals surface area contributed by atoms with Gasteiger partial charge in [-0.3, -0.25) is 0 Å². The molecule has 3 rings (SSSR count). The van der Waals surface area contributed by atoms with Crippen LogP contribution in [0, 0.1) is 0 Å². The number of unbranched alkanes of at least 4 members (excludes halogenated alkanes) is 6. The van der Waals surface area contributed by atoms with E-state index in [2.05, 4.69) is 62.7 Å². The van der Waals surface area contributed by atoms with E-state index in [0.29, 0.717) is 11.6 Å². The van der Waals surface area contributed by atoms with Crippen LogP contribution in [0.25, 0.3) is 22.8 Å². The second-order valence-corrected chi connectivity index (χ2v) is 8.79. The van der Waals surface area contributed by atoms with Gasteiger partial charge in [0, 0.05) is 21.8 Å². The monoisotopic (exact) mass is 538 g/mol. The van der Waals surface area contributed by atoms with E-state index in [1.165, 1.54) is 38.5 Å². The molecule has 3 aromatic rings. The molecule has 0 radical (unpaired) electrons. The number of aryl methyl sites for hydroxylation is 2. The van der Waals surface area contributed by atoms with Crippen LogP contribution in [0.5, 0.6) is 0 Å². The predicted octanol–water partition coefficient (Wildman–Crippen LogP) is 4.90. The molecular weight excluding hydrogens is 512 g/mol. The van der Waals surface area contributed by atoms with Crippen LogP contribution in [-0.4, -0.2) is 51.1 Å². The highest BCUT2D eigenvalue weighted by Crippen LogP contribution is 2.20. The smallest absolute Gasteiger partial charge is 0.164 e. The Kier molecular flexibility index (Phi) is 9.88. The van der Waals surface area contributed by atoms with Crippen LogP contribution in [0.3, 0.4) is 0 Å². The van der Waals surface area contributed by atoms with Crippen LogP contribution in [-0.2, 0) is 13.1 Å². The van der Waals surface area contributed by atoms with Gasteiger partial charge in [0.2, 0.25) is 11.6 Å². The molecule has 0 aliphatic rings. The Morgan fingerprint density at radius 3 is 1.37 bits per heavy atom. The van der Waals surface area contributed by atoms with Gasteiger partial charge in [0.25, 0.3) is 0 Å². The molecular formula is C20H28Br2N8. The minimum absolute atomic E-state index is 0.641. The number of hydrogen-bond donors (Lipinski definition) is 0. The number of nitrogens with zero attached hydrogens (tertiary/aromatic N) is 8. The minimum atomic E-state index is 0.641. The number of alkyl halides is 2. The van der Waals surface area contributed by atoms with Crippen molar-refractivity contribution in [3.05, 3.63) is 24.3 Å². The summed E-state index contributed by atoms with van der Waals surface area (Å²) in [4.78, 5) is 3.37. The molecule has 0 amide bonds.